The van der Waals surface area contributed by atoms with Crippen molar-refractivity contribution in [3.63, 3.8) is 0 Å². The van der Waals surface area contributed by atoms with Crippen molar-refractivity contribution in [2.45, 2.75) is 6.92 Å². The van der Waals surface area contributed by atoms with Crippen LogP contribution >= 0.6 is 11.8 Å². The van der Waals surface area contributed by atoms with E-state index >= 15 is 0 Å². The first-order chi connectivity index (χ1) is 6.61. The average Bonchev–Trinajstić information content (AvgIpc) is 2.17. The Hall–Kier alpha value is -1.09. The molecule has 3 heteroatoms. The Morgan fingerprint density at radius 3 is 1.86 bits per heavy atom. The number of rotatable bonds is 0. The highest BCUT2D eigenvalue weighted by atomic mass is 32.2. The first-order valence-electron chi connectivity index (χ1n) is 4.13. The van der Waals surface area contributed by atoms with Gasteiger partial charge in [0, 0.05) is 11.4 Å². The van der Waals surface area contributed by atoms with Crippen LogP contribution in [0.3, 0.4) is 0 Å². The quantitative estimate of drug-likeness (QED) is 0.513. The number of aryl methyl sites for hydroxylation is 1. The molecule has 0 atom stereocenters. The van der Waals surface area contributed by atoms with Gasteiger partial charge < -0.3 is 11.5 Å². The van der Waals surface area contributed by atoms with Crippen LogP contribution in [0, 0.1) is 6.92 Å². The molecule has 0 spiro atoms. The second kappa shape index (κ2) is 9.99. The first kappa shape index (κ1) is 15.4. The molecule has 0 saturated carbocycles. The van der Waals surface area contributed by atoms with E-state index in [1.165, 1.54) is 0 Å². The highest BCUT2D eigenvalue weighted by Crippen LogP contribution is 2.12. The molecule has 0 bridgehead atoms. The van der Waals surface area contributed by atoms with Crippen molar-refractivity contribution in [2.24, 2.45) is 0 Å². The molecule has 14 heavy (non-hydrogen) atoms. The molecule has 0 aliphatic carbocycles. The number of nitrogen functional groups attached to an aromatic ring is 2. The molecule has 80 valence electrons. The predicted molar refractivity (Wildman–Crippen MR) is 70.7 cm³/mol. The van der Waals surface area contributed by atoms with E-state index in [2.05, 4.69) is 13.2 Å². The largest absolute Gasteiger partial charge is 0.399 e. The maximum absolute atomic E-state index is 5.53. The van der Waals surface area contributed by atoms with E-state index in [1.807, 2.05) is 31.6 Å². The number of hydrogen-bond acceptors (Lipinski definition) is 3. The summed E-state index contributed by atoms with van der Waals surface area (Å²) in [5.41, 5.74) is 13.6. The van der Waals surface area contributed by atoms with Crippen molar-refractivity contribution < 1.29 is 0 Å². The van der Waals surface area contributed by atoms with Crippen LogP contribution in [0.5, 0.6) is 0 Å². The Kier molecular flexibility index (Phi) is 11.0. The van der Waals surface area contributed by atoms with E-state index in [4.69, 9.17) is 11.5 Å². The average molecular weight is 212 g/mol. The predicted octanol–water partition coefficient (Wildman–Crippen LogP) is 2.94. The zero-order chi connectivity index (χ0) is 11.6. The van der Waals surface area contributed by atoms with Gasteiger partial charge in [-0.15, -0.1) is 13.2 Å². The number of anilines is 2. The topological polar surface area (TPSA) is 52.0 Å². The number of thioether (sulfide) groups is 1. The summed E-state index contributed by atoms with van der Waals surface area (Å²) in [7, 11) is 0. The minimum atomic E-state index is 0.765. The van der Waals surface area contributed by atoms with Crippen LogP contribution < -0.4 is 11.5 Å². The van der Waals surface area contributed by atoms with Gasteiger partial charge in [-0.3, -0.25) is 0 Å². The Morgan fingerprint density at radius 2 is 1.57 bits per heavy atom. The normalized spacial score (nSPS) is 7.64. The fourth-order valence-electron chi connectivity index (χ4n) is 0.699. The van der Waals surface area contributed by atoms with E-state index in [-0.39, 0.29) is 0 Å². The van der Waals surface area contributed by atoms with E-state index in [0.29, 0.717) is 0 Å². The SMILES string of the molecule is C=C.CSC.Cc1cc(N)ccc1N. The van der Waals surface area contributed by atoms with Crippen molar-refractivity contribution in [3.8, 4) is 0 Å². The standard InChI is InChI=1S/C7H10N2.C2H6S.C2H4/c1-5-4-6(8)2-3-7(5)9;1-3-2;1-2/h2-4H,8-9H2,1H3;1-2H3;1-2H2. The molecular weight excluding hydrogens is 192 g/mol. The zero-order valence-corrected chi connectivity index (χ0v) is 10.0. The van der Waals surface area contributed by atoms with Crippen LogP contribution in [0.2, 0.25) is 0 Å². The fraction of sp³-hybridized carbons (Fsp3) is 0.273. The second-order valence-corrected chi connectivity index (χ2v) is 3.34. The van der Waals surface area contributed by atoms with Gasteiger partial charge in [0.2, 0.25) is 0 Å². The molecule has 1 rings (SSSR count). The molecule has 0 aliphatic rings. The maximum atomic E-state index is 5.53. The van der Waals surface area contributed by atoms with Gasteiger partial charge in [0.1, 0.15) is 0 Å². The maximum Gasteiger partial charge on any atom is 0.0345 e. The zero-order valence-electron chi connectivity index (χ0n) is 9.21. The highest BCUT2D eigenvalue weighted by molar-refractivity contribution is 7.97. The molecular formula is C11H20N2S. The molecule has 1 aromatic rings. The van der Waals surface area contributed by atoms with Gasteiger partial charge in [0.05, 0.1) is 0 Å². The van der Waals surface area contributed by atoms with Crippen LogP contribution in [0.4, 0.5) is 11.4 Å². The van der Waals surface area contributed by atoms with Crippen molar-refractivity contribution >= 4 is 23.1 Å². The molecule has 0 saturated heterocycles. The van der Waals surface area contributed by atoms with Gasteiger partial charge in [-0.25, -0.2) is 0 Å². The second-order valence-electron chi connectivity index (χ2n) is 2.52. The minimum Gasteiger partial charge on any atom is -0.399 e. The lowest BCUT2D eigenvalue weighted by atomic mass is 10.2. The van der Waals surface area contributed by atoms with Gasteiger partial charge in [0.15, 0.2) is 0 Å². The van der Waals surface area contributed by atoms with E-state index in [0.717, 1.165) is 16.9 Å². The smallest absolute Gasteiger partial charge is 0.0345 e. The van der Waals surface area contributed by atoms with E-state index in [1.54, 1.807) is 17.8 Å². The van der Waals surface area contributed by atoms with Crippen molar-refractivity contribution in [1.29, 1.82) is 0 Å². The Labute approximate surface area is 91.4 Å². The number of nitrogens with two attached hydrogens (primary N) is 2. The third-order valence-electron chi connectivity index (χ3n) is 1.29. The summed E-state index contributed by atoms with van der Waals surface area (Å²) in [5.74, 6) is 0. The lowest BCUT2D eigenvalue weighted by Gasteiger charge is -1.98. The fourth-order valence-corrected chi connectivity index (χ4v) is 0.699. The molecule has 0 radical (unpaired) electrons. The summed E-state index contributed by atoms with van der Waals surface area (Å²) in [6, 6.07) is 5.46. The highest BCUT2D eigenvalue weighted by Gasteiger charge is 1.90. The summed E-state index contributed by atoms with van der Waals surface area (Å²) in [6.45, 7) is 7.94. The van der Waals surface area contributed by atoms with Crippen molar-refractivity contribution in [3.05, 3.63) is 36.9 Å². The molecule has 0 aliphatic heterocycles. The van der Waals surface area contributed by atoms with E-state index < -0.39 is 0 Å². The summed E-state index contributed by atoms with van der Waals surface area (Å²) >= 11 is 1.75. The summed E-state index contributed by atoms with van der Waals surface area (Å²) in [5, 5.41) is 0. The third kappa shape index (κ3) is 7.55. The molecule has 0 aromatic heterocycles. The van der Waals surface area contributed by atoms with Gasteiger partial charge in [-0.05, 0) is 43.2 Å². The molecule has 0 unspecified atom stereocenters. The monoisotopic (exact) mass is 212 g/mol. The van der Waals surface area contributed by atoms with Crippen molar-refractivity contribution in [1.82, 2.24) is 0 Å². The lowest BCUT2D eigenvalue weighted by Crippen LogP contribution is -1.91. The molecule has 0 heterocycles. The van der Waals surface area contributed by atoms with Gasteiger partial charge in [0.25, 0.3) is 0 Å². The molecule has 1 aromatic carbocycles. The number of hydrogen-bond donors (Lipinski definition) is 2. The van der Waals surface area contributed by atoms with Crippen LogP contribution in [0.15, 0.2) is 31.4 Å². The van der Waals surface area contributed by atoms with E-state index in [9.17, 15) is 0 Å². The third-order valence-corrected chi connectivity index (χ3v) is 1.29. The summed E-state index contributed by atoms with van der Waals surface area (Å²) in [4.78, 5) is 0. The summed E-state index contributed by atoms with van der Waals surface area (Å²) in [6.07, 6.45) is 4.08. The molecule has 2 nitrogen and oxygen atoms in total. The van der Waals surface area contributed by atoms with Crippen LogP contribution in [0.1, 0.15) is 5.56 Å². The van der Waals surface area contributed by atoms with Crippen LogP contribution in [-0.2, 0) is 0 Å². The molecule has 0 amide bonds. The van der Waals surface area contributed by atoms with Gasteiger partial charge in [-0.1, -0.05) is 0 Å². The van der Waals surface area contributed by atoms with Crippen molar-refractivity contribution in [2.75, 3.05) is 24.0 Å². The summed E-state index contributed by atoms with van der Waals surface area (Å²) < 4.78 is 0. The number of benzene rings is 1. The molecule has 4 N–H and O–H groups in total. The minimum absolute atomic E-state index is 0.765. The van der Waals surface area contributed by atoms with Gasteiger partial charge in [-0.2, -0.15) is 11.8 Å². The van der Waals surface area contributed by atoms with Gasteiger partial charge >= 0.3 is 0 Å². The Bertz CT molecular complexity index is 249. The van der Waals surface area contributed by atoms with Crippen LogP contribution in [-0.4, -0.2) is 12.5 Å². The van der Waals surface area contributed by atoms with Crippen LogP contribution in [0.25, 0.3) is 0 Å². The first-order valence-corrected chi connectivity index (χ1v) is 5.76. The Morgan fingerprint density at radius 1 is 1.14 bits per heavy atom. The lowest BCUT2D eigenvalue weighted by molar-refractivity contribution is 1.47. The molecule has 0 fully saturated rings. The Balaban J connectivity index is 0.